The second kappa shape index (κ2) is 4.00. The largest absolute Gasteiger partial charge is 0.394 e. The van der Waals surface area contributed by atoms with Gasteiger partial charge in [-0.2, -0.15) is 5.10 Å². The Balaban J connectivity index is 2.15. The number of nitrogens with zero attached hydrogens (tertiary/aromatic N) is 3. The zero-order valence-electron chi connectivity index (χ0n) is 10.7. The predicted octanol–water partition coefficient (Wildman–Crippen LogP) is 1.66. The average molecular weight is 222 g/mol. The molecule has 0 bridgehead atoms. The highest BCUT2D eigenvalue weighted by molar-refractivity contribution is 5.66. The highest BCUT2D eigenvalue weighted by Crippen LogP contribution is 2.39. The third kappa shape index (κ3) is 1.88. The fourth-order valence-electron chi connectivity index (χ4n) is 2.39. The van der Waals surface area contributed by atoms with Gasteiger partial charge in [0.05, 0.1) is 11.4 Å². The number of nitrogen functional groups attached to an aromatic ring is 1. The molecule has 4 heteroatoms. The van der Waals surface area contributed by atoms with Gasteiger partial charge in [-0.05, 0) is 24.7 Å². The van der Waals surface area contributed by atoms with Gasteiger partial charge in [0.15, 0.2) is 0 Å². The highest BCUT2D eigenvalue weighted by atomic mass is 15.4. The summed E-state index contributed by atoms with van der Waals surface area (Å²) < 4.78 is 1.90. The van der Waals surface area contributed by atoms with Crippen LogP contribution in [0.2, 0.25) is 0 Å². The van der Waals surface area contributed by atoms with E-state index in [-0.39, 0.29) is 0 Å². The number of rotatable bonds is 4. The highest BCUT2D eigenvalue weighted by Gasteiger charge is 2.34. The third-order valence-corrected chi connectivity index (χ3v) is 3.61. The molecule has 1 saturated carbocycles. The second-order valence-corrected chi connectivity index (χ2v) is 5.01. The van der Waals surface area contributed by atoms with Crippen LogP contribution in [0.5, 0.6) is 0 Å². The SMILES string of the molecule is CCc1nn(C)c(N(C)CC2CC2C)c1N. The van der Waals surface area contributed by atoms with Crippen molar-refractivity contribution in [1.29, 1.82) is 0 Å². The predicted molar refractivity (Wildman–Crippen MR) is 67.5 cm³/mol. The van der Waals surface area contributed by atoms with Crippen LogP contribution in [0.3, 0.4) is 0 Å². The number of nitrogens with two attached hydrogens (primary N) is 1. The van der Waals surface area contributed by atoms with Crippen molar-refractivity contribution in [3.05, 3.63) is 5.69 Å². The molecular weight excluding hydrogens is 200 g/mol. The molecule has 4 nitrogen and oxygen atoms in total. The average Bonchev–Trinajstić information content (AvgIpc) is 2.81. The van der Waals surface area contributed by atoms with Crippen molar-refractivity contribution in [2.24, 2.45) is 18.9 Å². The molecule has 0 radical (unpaired) electrons. The Kier molecular flexibility index (Phi) is 2.82. The van der Waals surface area contributed by atoms with E-state index in [0.717, 1.165) is 42.0 Å². The molecule has 2 atom stereocenters. The fourth-order valence-corrected chi connectivity index (χ4v) is 2.39. The lowest BCUT2D eigenvalue weighted by molar-refractivity contribution is 0.680. The molecule has 1 heterocycles. The molecule has 1 aliphatic carbocycles. The quantitative estimate of drug-likeness (QED) is 0.842. The fraction of sp³-hybridized carbons (Fsp3) is 0.750. The van der Waals surface area contributed by atoms with E-state index in [2.05, 4.69) is 30.9 Å². The molecular formula is C12H22N4. The number of anilines is 2. The molecule has 0 amide bonds. The molecule has 0 spiro atoms. The summed E-state index contributed by atoms with van der Waals surface area (Å²) in [6, 6.07) is 0. The van der Waals surface area contributed by atoms with Gasteiger partial charge in [0.25, 0.3) is 0 Å². The number of hydrogen-bond donors (Lipinski definition) is 1. The van der Waals surface area contributed by atoms with Crippen LogP contribution >= 0.6 is 0 Å². The third-order valence-electron chi connectivity index (χ3n) is 3.61. The zero-order valence-corrected chi connectivity index (χ0v) is 10.7. The Morgan fingerprint density at radius 3 is 2.62 bits per heavy atom. The minimum Gasteiger partial charge on any atom is -0.394 e. The Morgan fingerprint density at radius 2 is 2.19 bits per heavy atom. The first-order valence-electron chi connectivity index (χ1n) is 6.07. The van der Waals surface area contributed by atoms with Gasteiger partial charge in [0, 0.05) is 20.6 Å². The van der Waals surface area contributed by atoms with Gasteiger partial charge in [0.2, 0.25) is 0 Å². The van der Waals surface area contributed by atoms with Crippen molar-refractivity contribution in [2.75, 3.05) is 24.2 Å². The molecule has 2 N–H and O–H groups in total. The van der Waals surface area contributed by atoms with Crippen molar-refractivity contribution in [3.63, 3.8) is 0 Å². The Morgan fingerprint density at radius 1 is 1.56 bits per heavy atom. The maximum atomic E-state index is 6.12. The molecule has 1 aromatic heterocycles. The summed E-state index contributed by atoms with van der Waals surface area (Å²) in [7, 11) is 4.08. The molecule has 0 saturated heterocycles. The molecule has 2 rings (SSSR count). The van der Waals surface area contributed by atoms with Crippen molar-refractivity contribution in [2.45, 2.75) is 26.7 Å². The van der Waals surface area contributed by atoms with E-state index in [9.17, 15) is 0 Å². The van der Waals surface area contributed by atoms with Gasteiger partial charge in [-0.1, -0.05) is 13.8 Å². The summed E-state index contributed by atoms with van der Waals surface area (Å²) in [4.78, 5) is 2.25. The first-order valence-corrected chi connectivity index (χ1v) is 6.07. The Labute approximate surface area is 97.4 Å². The van der Waals surface area contributed by atoms with Crippen LogP contribution in [0.25, 0.3) is 0 Å². The van der Waals surface area contributed by atoms with Crippen LogP contribution in [-0.2, 0) is 13.5 Å². The number of aryl methyl sites for hydroxylation is 2. The van der Waals surface area contributed by atoms with Gasteiger partial charge in [-0.15, -0.1) is 0 Å². The van der Waals surface area contributed by atoms with Crippen LogP contribution in [0.15, 0.2) is 0 Å². The summed E-state index contributed by atoms with van der Waals surface area (Å²) in [5.41, 5.74) is 7.98. The maximum Gasteiger partial charge on any atom is 0.150 e. The topological polar surface area (TPSA) is 47.1 Å². The molecule has 0 aromatic carbocycles. The first kappa shape index (κ1) is 11.3. The maximum absolute atomic E-state index is 6.12. The van der Waals surface area contributed by atoms with Crippen LogP contribution in [0.1, 0.15) is 26.0 Å². The van der Waals surface area contributed by atoms with Crippen LogP contribution < -0.4 is 10.6 Å². The van der Waals surface area contributed by atoms with Crippen molar-refractivity contribution in [3.8, 4) is 0 Å². The van der Waals surface area contributed by atoms with Crippen LogP contribution in [-0.4, -0.2) is 23.4 Å². The van der Waals surface area contributed by atoms with Crippen molar-refractivity contribution in [1.82, 2.24) is 9.78 Å². The summed E-state index contributed by atoms with van der Waals surface area (Å²) in [5, 5.41) is 4.45. The van der Waals surface area contributed by atoms with E-state index in [0.29, 0.717) is 0 Å². The summed E-state index contributed by atoms with van der Waals surface area (Å²) in [6.07, 6.45) is 2.25. The van der Waals surface area contributed by atoms with Gasteiger partial charge in [-0.3, -0.25) is 4.68 Å². The lowest BCUT2D eigenvalue weighted by Gasteiger charge is -2.19. The standard InChI is InChI=1S/C12H22N4/c1-5-10-11(13)12(16(4)14-10)15(3)7-9-6-8(9)2/h8-9H,5-7,13H2,1-4H3. The van der Waals surface area contributed by atoms with E-state index in [1.165, 1.54) is 6.42 Å². The van der Waals surface area contributed by atoms with E-state index in [1.54, 1.807) is 0 Å². The lowest BCUT2D eigenvalue weighted by Crippen LogP contribution is -2.23. The number of aromatic nitrogens is 2. The molecule has 2 unspecified atom stereocenters. The van der Waals surface area contributed by atoms with E-state index >= 15 is 0 Å². The first-order chi connectivity index (χ1) is 7.54. The number of hydrogen-bond acceptors (Lipinski definition) is 3. The van der Waals surface area contributed by atoms with Gasteiger partial charge < -0.3 is 10.6 Å². The molecule has 1 aromatic rings. The summed E-state index contributed by atoms with van der Waals surface area (Å²) in [6.45, 7) is 5.49. The lowest BCUT2D eigenvalue weighted by atomic mass is 10.2. The van der Waals surface area contributed by atoms with Gasteiger partial charge >= 0.3 is 0 Å². The van der Waals surface area contributed by atoms with Crippen LogP contribution in [0.4, 0.5) is 11.5 Å². The minimum absolute atomic E-state index is 0.837. The van der Waals surface area contributed by atoms with E-state index in [1.807, 2.05) is 11.7 Å². The molecule has 16 heavy (non-hydrogen) atoms. The van der Waals surface area contributed by atoms with Gasteiger partial charge in [-0.25, -0.2) is 0 Å². The van der Waals surface area contributed by atoms with Crippen LogP contribution in [0, 0.1) is 11.8 Å². The Bertz CT molecular complexity index is 383. The molecule has 90 valence electrons. The normalized spacial score (nSPS) is 23.5. The van der Waals surface area contributed by atoms with Crippen molar-refractivity contribution < 1.29 is 0 Å². The minimum atomic E-state index is 0.837. The second-order valence-electron chi connectivity index (χ2n) is 5.01. The molecule has 0 aliphatic heterocycles. The van der Waals surface area contributed by atoms with Crippen molar-refractivity contribution >= 4 is 11.5 Å². The molecule has 1 aliphatic rings. The smallest absolute Gasteiger partial charge is 0.150 e. The van der Waals surface area contributed by atoms with E-state index < -0.39 is 0 Å². The zero-order chi connectivity index (χ0) is 11.9. The Hall–Kier alpha value is -1.19. The summed E-state index contributed by atoms with van der Waals surface area (Å²) >= 11 is 0. The monoisotopic (exact) mass is 222 g/mol. The van der Waals surface area contributed by atoms with E-state index in [4.69, 9.17) is 5.73 Å². The molecule has 1 fully saturated rings. The van der Waals surface area contributed by atoms with Gasteiger partial charge in [0.1, 0.15) is 5.82 Å². The summed E-state index contributed by atoms with van der Waals surface area (Å²) in [5.74, 6) is 2.78.